The highest BCUT2D eigenvalue weighted by atomic mass is 32.1. The number of rotatable bonds is 6. The van der Waals surface area contributed by atoms with Gasteiger partial charge in [-0.15, -0.1) is 11.3 Å². The number of aryl methyl sites for hydroxylation is 2. The molecular formula is C23H28N2O4S. The third-order valence-corrected chi connectivity index (χ3v) is 6.34. The van der Waals surface area contributed by atoms with Gasteiger partial charge < -0.3 is 15.0 Å². The molecule has 2 amide bonds. The maximum absolute atomic E-state index is 13.0. The molecule has 1 aromatic carbocycles. The lowest BCUT2D eigenvalue weighted by atomic mass is 9.95. The Kier molecular flexibility index (Phi) is 7.26. The second-order valence-electron chi connectivity index (χ2n) is 7.82. The van der Waals surface area contributed by atoms with Crippen LogP contribution < -0.4 is 5.32 Å². The number of ether oxygens (including phenoxy) is 1. The highest BCUT2D eigenvalue weighted by Gasteiger charge is 2.31. The molecule has 1 aromatic heterocycles. The van der Waals surface area contributed by atoms with Gasteiger partial charge in [0.2, 0.25) is 5.91 Å². The van der Waals surface area contributed by atoms with Crippen molar-refractivity contribution in [3.05, 3.63) is 57.3 Å². The second kappa shape index (κ2) is 9.89. The van der Waals surface area contributed by atoms with Crippen molar-refractivity contribution in [2.45, 2.75) is 39.2 Å². The van der Waals surface area contributed by atoms with E-state index in [1.807, 2.05) is 49.6 Å². The average Bonchev–Trinajstić information content (AvgIpc) is 3.26. The number of esters is 1. The molecule has 0 aliphatic carbocycles. The van der Waals surface area contributed by atoms with E-state index in [1.165, 1.54) is 18.4 Å². The minimum Gasteiger partial charge on any atom is -0.469 e. The maximum atomic E-state index is 13.0. The molecule has 0 spiro atoms. The van der Waals surface area contributed by atoms with E-state index in [4.69, 9.17) is 4.74 Å². The maximum Gasteiger partial charge on any atom is 0.307 e. The molecule has 0 saturated carbocycles. The number of likely N-dealkylation sites (tertiary alicyclic amines) is 1. The first-order chi connectivity index (χ1) is 14.4. The van der Waals surface area contributed by atoms with E-state index in [1.54, 1.807) is 4.90 Å². The summed E-state index contributed by atoms with van der Waals surface area (Å²) < 4.78 is 4.78. The summed E-state index contributed by atoms with van der Waals surface area (Å²) in [4.78, 5) is 40.5. The lowest BCUT2D eigenvalue weighted by Gasteiger charge is -2.33. The predicted molar refractivity (Wildman–Crippen MR) is 116 cm³/mol. The fourth-order valence-corrected chi connectivity index (χ4v) is 4.69. The van der Waals surface area contributed by atoms with Gasteiger partial charge in [-0.25, -0.2) is 0 Å². The molecule has 3 rings (SSSR count). The van der Waals surface area contributed by atoms with Crippen molar-refractivity contribution in [3.8, 4) is 0 Å². The fraction of sp³-hybridized carbons (Fsp3) is 0.435. The van der Waals surface area contributed by atoms with Crippen LogP contribution in [0.4, 0.5) is 0 Å². The molecule has 30 heavy (non-hydrogen) atoms. The number of amides is 2. The SMILES string of the molecule is COC(=O)CC(NC(=O)C1CCCN(C(=O)c2cc(C)cc(C)c2)C1)c1cccs1. The summed E-state index contributed by atoms with van der Waals surface area (Å²) in [5, 5.41) is 4.92. The lowest BCUT2D eigenvalue weighted by Crippen LogP contribution is -2.46. The molecule has 6 nitrogen and oxygen atoms in total. The Morgan fingerprint density at radius 1 is 1.23 bits per heavy atom. The van der Waals surface area contributed by atoms with Crippen LogP contribution in [0, 0.1) is 19.8 Å². The van der Waals surface area contributed by atoms with Gasteiger partial charge in [0.25, 0.3) is 5.91 Å². The van der Waals surface area contributed by atoms with Gasteiger partial charge in [-0.3, -0.25) is 14.4 Å². The zero-order chi connectivity index (χ0) is 21.7. The molecule has 0 radical (unpaired) electrons. The van der Waals surface area contributed by atoms with E-state index in [0.717, 1.165) is 28.8 Å². The molecule has 1 N–H and O–H groups in total. The normalized spacial score (nSPS) is 17.3. The Morgan fingerprint density at radius 3 is 2.60 bits per heavy atom. The van der Waals surface area contributed by atoms with Gasteiger partial charge in [-0.05, 0) is 50.3 Å². The van der Waals surface area contributed by atoms with Crippen molar-refractivity contribution in [1.82, 2.24) is 10.2 Å². The number of piperidine rings is 1. The first kappa shape index (κ1) is 22.0. The van der Waals surface area contributed by atoms with Crippen LogP contribution in [0.15, 0.2) is 35.7 Å². The van der Waals surface area contributed by atoms with Gasteiger partial charge >= 0.3 is 5.97 Å². The molecule has 2 unspecified atom stereocenters. The zero-order valence-corrected chi connectivity index (χ0v) is 18.5. The number of nitrogens with one attached hydrogen (secondary N) is 1. The number of carbonyl (C=O) groups excluding carboxylic acids is 3. The lowest BCUT2D eigenvalue weighted by molar-refractivity contribution is -0.141. The zero-order valence-electron chi connectivity index (χ0n) is 17.6. The number of benzene rings is 1. The van der Waals surface area contributed by atoms with E-state index in [2.05, 4.69) is 5.32 Å². The van der Waals surface area contributed by atoms with E-state index < -0.39 is 6.04 Å². The first-order valence-electron chi connectivity index (χ1n) is 10.2. The van der Waals surface area contributed by atoms with Crippen molar-refractivity contribution in [2.75, 3.05) is 20.2 Å². The van der Waals surface area contributed by atoms with Crippen LogP contribution in [0.1, 0.15) is 51.7 Å². The topological polar surface area (TPSA) is 75.7 Å². The number of carbonyl (C=O) groups is 3. The Hall–Kier alpha value is -2.67. The van der Waals surface area contributed by atoms with Crippen molar-refractivity contribution in [1.29, 1.82) is 0 Å². The molecule has 2 heterocycles. The van der Waals surface area contributed by atoms with Crippen molar-refractivity contribution in [3.63, 3.8) is 0 Å². The molecule has 160 valence electrons. The van der Waals surface area contributed by atoms with Crippen molar-refractivity contribution >= 4 is 29.1 Å². The Bertz CT molecular complexity index is 890. The standard InChI is InChI=1S/C23H28N2O4S/c1-15-10-16(2)12-18(11-15)23(28)25-8-4-6-17(14-25)22(27)24-19(13-21(26)29-3)20-7-5-9-30-20/h5,7,9-12,17,19H,4,6,8,13-14H2,1-3H3,(H,24,27). The smallest absolute Gasteiger partial charge is 0.307 e. The van der Waals surface area contributed by atoms with Crippen molar-refractivity contribution < 1.29 is 19.1 Å². The summed E-state index contributed by atoms with van der Waals surface area (Å²) in [5.41, 5.74) is 2.76. The third kappa shape index (κ3) is 5.48. The predicted octanol–water partition coefficient (Wildman–Crippen LogP) is 3.64. The van der Waals surface area contributed by atoms with Gasteiger partial charge in [0, 0.05) is 23.5 Å². The van der Waals surface area contributed by atoms with Crippen LogP contribution in [0.2, 0.25) is 0 Å². The minimum atomic E-state index is -0.421. The van der Waals surface area contributed by atoms with E-state index >= 15 is 0 Å². The molecule has 7 heteroatoms. The molecule has 1 aliphatic rings. The summed E-state index contributed by atoms with van der Waals surface area (Å²) in [6.07, 6.45) is 1.58. The van der Waals surface area contributed by atoms with Gasteiger partial charge in [-0.2, -0.15) is 0 Å². The Morgan fingerprint density at radius 2 is 1.97 bits per heavy atom. The van der Waals surface area contributed by atoms with Crippen molar-refractivity contribution in [2.24, 2.45) is 5.92 Å². The number of hydrogen-bond acceptors (Lipinski definition) is 5. The van der Waals surface area contributed by atoms with Crippen LogP contribution in [0.5, 0.6) is 0 Å². The van der Waals surface area contributed by atoms with Gasteiger partial charge in [0.15, 0.2) is 0 Å². The molecule has 1 fully saturated rings. The number of thiophene rings is 1. The first-order valence-corrected chi connectivity index (χ1v) is 11.0. The highest BCUT2D eigenvalue weighted by molar-refractivity contribution is 7.10. The monoisotopic (exact) mass is 428 g/mol. The Labute approximate surface area is 181 Å². The number of hydrogen-bond donors (Lipinski definition) is 1. The van der Waals surface area contributed by atoms with Crippen LogP contribution in [0.3, 0.4) is 0 Å². The molecule has 1 aliphatic heterocycles. The average molecular weight is 429 g/mol. The molecule has 2 aromatic rings. The summed E-state index contributed by atoms with van der Waals surface area (Å²) >= 11 is 1.49. The van der Waals surface area contributed by atoms with E-state index in [9.17, 15) is 14.4 Å². The quantitative estimate of drug-likeness (QED) is 0.713. The summed E-state index contributed by atoms with van der Waals surface area (Å²) in [5.74, 6) is -0.837. The molecule has 0 bridgehead atoms. The highest BCUT2D eigenvalue weighted by Crippen LogP contribution is 2.25. The minimum absolute atomic E-state index is 0.0383. The summed E-state index contributed by atoms with van der Waals surface area (Å²) in [7, 11) is 1.34. The molecule has 1 saturated heterocycles. The van der Waals surface area contributed by atoms with Crippen LogP contribution in [-0.4, -0.2) is 42.9 Å². The largest absolute Gasteiger partial charge is 0.469 e. The Balaban J connectivity index is 1.68. The van der Waals surface area contributed by atoms with E-state index in [-0.39, 0.29) is 30.1 Å². The second-order valence-corrected chi connectivity index (χ2v) is 8.80. The molecule has 2 atom stereocenters. The van der Waals surface area contributed by atoms with Gasteiger partial charge in [0.1, 0.15) is 0 Å². The van der Waals surface area contributed by atoms with Gasteiger partial charge in [0.05, 0.1) is 25.5 Å². The number of nitrogens with zero attached hydrogens (tertiary/aromatic N) is 1. The number of methoxy groups -OCH3 is 1. The summed E-state index contributed by atoms with van der Waals surface area (Å²) in [6, 6.07) is 9.19. The third-order valence-electron chi connectivity index (χ3n) is 5.35. The van der Waals surface area contributed by atoms with Crippen LogP contribution in [0.25, 0.3) is 0 Å². The van der Waals surface area contributed by atoms with Crippen LogP contribution >= 0.6 is 11.3 Å². The van der Waals surface area contributed by atoms with Crippen LogP contribution in [-0.2, 0) is 14.3 Å². The van der Waals surface area contributed by atoms with E-state index in [0.29, 0.717) is 18.7 Å². The van der Waals surface area contributed by atoms with Gasteiger partial charge in [-0.1, -0.05) is 23.3 Å². The molecular weight excluding hydrogens is 400 g/mol. The fourth-order valence-electron chi connectivity index (χ4n) is 3.91. The summed E-state index contributed by atoms with van der Waals surface area (Å²) in [6.45, 7) is 4.98.